The molecule has 0 aliphatic rings. The molecule has 98 valence electrons. The van der Waals surface area contributed by atoms with Gasteiger partial charge in [-0.25, -0.2) is 9.78 Å². The molecule has 0 amide bonds. The van der Waals surface area contributed by atoms with Gasteiger partial charge in [-0.1, -0.05) is 23.4 Å². The van der Waals surface area contributed by atoms with Crippen molar-refractivity contribution in [1.29, 1.82) is 0 Å². The smallest absolute Gasteiger partial charge is 0.342 e. The third kappa shape index (κ3) is 3.36. The summed E-state index contributed by atoms with van der Waals surface area (Å²) in [6.45, 7) is 0. The van der Waals surface area contributed by atoms with E-state index in [9.17, 15) is 4.79 Å². The fourth-order valence-electron chi connectivity index (χ4n) is 1.29. The second kappa shape index (κ2) is 5.90. The van der Waals surface area contributed by atoms with Crippen LogP contribution in [0.3, 0.4) is 0 Å². The lowest BCUT2D eigenvalue weighted by Gasteiger charge is -2.08. The van der Waals surface area contributed by atoms with E-state index in [1.54, 1.807) is 30.5 Å². The fraction of sp³-hybridized carbons (Fsp3) is 0.0833. The lowest BCUT2D eigenvalue weighted by atomic mass is 10.3. The average molecular weight is 297 g/mol. The van der Waals surface area contributed by atoms with Crippen LogP contribution in [0.2, 0.25) is 5.02 Å². The predicted molar refractivity (Wildman–Crippen MR) is 72.3 cm³/mol. The van der Waals surface area contributed by atoms with E-state index in [0.717, 1.165) is 0 Å². The molecule has 1 aromatic heterocycles. The van der Waals surface area contributed by atoms with E-state index in [-0.39, 0.29) is 11.4 Å². The Morgan fingerprint density at radius 2 is 2.05 bits per heavy atom. The largest absolute Gasteiger partial charge is 0.477 e. The summed E-state index contributed by atoms with van der Waals surface area (Å²) in [6, 6.07) is 6.56. The number of halogens is 1. The van der Waals surface area contributed by atoms with Gasteiger partial charge in [0.2, 0.25) is 5.88 Å². The van der Waals surface area contributed by atoms with Gasteiger partial charge in [-0.05, 0) is 30.5 Å². The predicted octanol–water partition coefficient (Wildman–Crippen LogP) is 3.34. The van der Waals surface area contributed by atoms with E-state index < -0.39 is 5.97 Å². The van der Waals surface area contributed by atoms with E-state index in [4.69, 9.17) is 21.4 Å². The SMILES string of the molecule is CSc1ncc(C(=O)O)c(Oc2ccc(Cl)cc2)n1. The van der Waals surface area contributed by atoms with Crippen molar-refractivity contribution in [2.45, 2.75) is 5.16 Å². The molecular weight excluding hydrogens is 288 g/mol. The number of thioether (sulfide) groups is 1. The Balaban J connectivity index is 2.36. The molecule has 0 aliphatic carbocycles. The van der Waals surface area contributed by atoms with Crippen molar-refractivity contribution in [1.82, 2.24) is 9.97 Å². The van der Waals surface area contributed by atoms with Gasteiger partial charge < -0.3 is 9.84 Å². The summed E-state index contributed by atoms with van der Waals surface area (Å²) >= 11 is 7.07. The summed E-state index contributed by atoms with van der Waals surface area (Å²) in [5.74, 6) is -0.677. The number of ether oxygens (including phenoxy) is 1. The van der Waals surface area contributed by atoms with Crippen LogP contribution in [0.5, 0.6) is 11.6 Å². The van der Waals surface area contributed by atoms with E-state index in [1.165, 1.54) is 18.0 Å². The minimum absolute atomic E-state index is 0.00849. The summed E-state index contributed by atoms with van der Waals surface area (Å²) in [4.78, 5) is 19.0. The number of carbonyl (C=O) groups is 1. The number of hydrogen-bond donors (Lipinski definition) is 1. The van der Waals surface area contributed by atoms with Crippen LogP contribution in [-0.4, -0.2) is 27.3 Å². The molecule has 0 saturated carbocycles. The maximum absolute atomic E-state index is 11.1. The van der Waals surface area contributed by atoms with Crippen molar-refractivity contribution >= 4 is 29.3 Å². The lowest BCUT2D eigenvalue weighted by molar-refractivity contribution is 0.0692. The van der Waals surface area contributed by atoms with Gasteiger partial charge in [-0.3, -0.25) is 0 Å². The highest BCUT2D eigenvalue weighted by atomic mass is 35.5. The molecule has 2 rings (SSSR count). The molecular formula is C12H9ClN2O3S. The number of nitrogens with zero attached hydrogens (tertiary/aromatic N) is 2. The Kier molecular flexibility index (Phi) is 4.24. The molecule has 0 atom stereocenters. The molecule has 7 heteroatoms. The summed E-state index contributed by atoms with van der Waals surface area (Å²) < 4.78 is 5.46. The maximum atomic E-state index is 11.1. The third-order valence-corrected chi connectivity index (χ3v) is 2.99. The molecule has 0 spiro atoms. The van der Waals surface area contributed by atoms with E-state index in [2.05, 4.69) is 9.97 Å². The molecule has 1 heterocycles. The summed E-state index contributed by atoms with van der Waals surface area (Å²) in [6.07, 6.45) is 3.02. The van der Waals surface area contributed by atoms with Gasteiger partial charge in [0.05, 0.1) is 0 Å². The standard InChI is InChI=1S/C12H9ClN2O3S/c1-19-12-14-6-9(11(16)17)10(15-12)18-8-4-2-7(13)3-5-8/h2-6H,1H3,(H,16,17). The molecule has 5 nitrogen and oxygen atoms in total. The molecule has 0 aliphatic heterocycles. The first-order chi connectivity index (χ1) is 9.10. The Bertz CT molecular complexity index is 604. The minimum atomic E-state index is -1.14. The Morgan fingerprint density at radius 1 is 1.37 bits per heavy atom. The second-order valence-electron chi connectivity index (χ2n) is 3.44. The highest BCUT2D eigenvalue weighted by Crippen LogP contribution is 2.25. The normalized spacial score (nSPS) is 10.2. The van der Waals surface area contributed by atoms with Crippen LogP contribution in [0, 0.1) is 0 Å². The summed E-state index contributed by atoms with van der Waals surface area (Å²) in [5, 5.41) is 10.1. The van der Waals surface area contributed by atoms with Gasteiger partial charge in [-0.15, -0.1) is 0 Å². The number of carboxylic acid groups (broad SMARTS) is 1. The minimum Gasteiger partial charge on any atom is -0.477 e. The first-order valence-corrected chi connectivity index (χ1v) is 6.78. The van der Waals surface area contributed by atoms with Crippen LogP contribution in [0.4, 0.5) is 0 Å². The van der Waals surface area contributed by atoms with Gasteiger partial charge in [0.1, 0.15) is 11.3 Å². The number of aromatic carboxylic acids is 1. The fourth-order valence-corrected chi connectivity index (χ4v) is 1.75. The zero-order valence-electron chi connectivity index (χ0n) is 9.83. The van der Waals surface area contributed by atoms with Crippen molar-refractivity contribution in [3.63, 3.8) is 0 Å². The molecule has 0 bridgehead atoms. The molecule has 0 radical (unpaired) electrons. The van der Waals surface area contributed by atoms with Crippen LogP contribution < -0.4 is 4.74 Å². The zero-order valence-corrected chi connectivity index (χ0v) is 11.4. The molecule has 0 saturated heterocycles. The Morgan fingerprint density at radius 3 is 2.63 bits per heavy atom. The van der Waals surface area contributed by atoms with E-state index >= 15 is 0 Å². The van der Waals surface area contributed by atoms with Gasteiger partial charge >= 0.3 is 5.97 Å². The van der Waals surface area contributed by atoms with E-state index in [1.807, 2.05) is 0 Å². The molecule has 2 aromatic rings. The third-order valence-electron chi connectivity index (χ3n) is 2.17. The van der Waals surface area contributed by atoms with E-state index in [0.29, 0.717) is 15.9 Å². The van der Waals surface area contributed by atoms with Crippen molar-refractivity contribution < 1.29 is 14.6 Å². The molecule has 0 unspecified atom stereocenters. The molecule has 19 heavy (non-hydrogen) atoms. The highest BCUT2D eigenvalue weighted by molar-refractivity contribution is 7.98. The average Bonchev–Trinajstić information content (AvgIpc) is 2.41. The summed E-state index contributed by atoms with van der Waals surface area (Å²) in [7, 11) is 0. The number of benzene rings is 1. The number of rotatable bonds is 4. The number of aromatic nitrogens is 2. The molecule has 0 fully saturated rings. The van der Waals surface area contributed by atoms with Crippen LogP contribution in [0.25, 0.3) is 0 Å². The maximum Gasteiger partial charge on any atom is 0.342 e. The van der Waals surface area contributed by atoms with Crippen molar-refractivity contribution in [3.8, 4) is 11.6 Å². The highest BCUT2D eigenvalue weighted by Gasteiger charge is 2.15. The van der Waals surface area contributed by atoms with Crippen molar-refractivity contribution in [3.05, 3.63) is 41.0 Å². The van der Waals surface area contributed by atoms with Crippen molar-refractivity contribution in [2.24, 2.45) is 0 Å². The van der Waals surface area contributed by atoms with Crippen LogP contribution >= 0.6 is 23.4 Å². The lowest BCUT2D eigenvalue weighted by Crippen LogP contribution is -2.04. The Hall–Kier alpha value is -1.79. The monoisotopic (exact) mass is 296 g/mol. The Labute approximate surface area is 118 Å². The zero-order chi connectivity index (χ0) is 13.8. The van der Waals surface area contributed by atoms with Gasteiger partial charge in [0.25, 0.3) is 0 Å². The first-order valence-electron chi connectivity index (χ1n) is 5.18. The number of hydrogen-bond acceptors (Lipinski definition) is 5. The van der Waals surface area contributed by atoms with Gasteiger partial charge in [0.15, 0.2) is 5.16 Å². The van der Waals surface area contributed by atoms with Gasteiger partial charge in [-0.2, -0.15) is 4.98 Å². The van der Waals surface area contributed by atoms with Crippen LogP contribution in [0.15, 0.2) is 35.6 Å². The number of carboxylic acids is 1. The first kappa shape index (κ1) is 13.6. The topological polar surface area (TPSA) is 72.3 Å². The van der Waals surface area contributed by atoms with Crippen LogP contribution in [0.1, 0.15) is 10.4 Å². The van der Waals surface area contributed by atoms with Crippen LogP contribution in [-0.2, 0) is 0 Å². The second-order valence-corrected chi connectivity index (χ2v) is 4.65. The molecule has 1 aromatic carbocycles. The van der Waals surface area contributed by atoms with Gasteiger partial charge in [0, 0.05) is 11.2 Å². The van der Waals surface area contributed by atoms with Crippen molar-refractivity contribution in [2.75, 3.05) is 6.26 Å². The quantitative estimate of drug-likeness (QED) is 0.689. The summed E-state index contributed by atoms with van der Waals surface area (Å²) in [5.41, 5.74) is -0.0900. The molecule has 1 N–H and O–H groups in total.